The molecule has 5 aliphatic rings. The lowest BCUT2D eigenvalue weighted by atomic mass is 9.49. The maximum Gasteiger partial charge on any atom is 0.410 e. The number of nitrogens with zero attached hydrogens (tertiary/aromatic N) is 2. The molecule has 4 saturated carbocycles. The van der Waals surface area contributed by atoms with Crippen molar-refractivity contribution in [1.82, 2.24) is 9.47 Å². The normalized spacial score (nSPS) is 33.1. The highest BCUT2D eigenvalue weighted by Gasteiger charge is 2.59. The van der Waals surface area contributed by atoms with Crippen LogP contribution < -0.4 is 10.9 Å². The number of hydrogen-bond acceptors (Lipinski definition) is 6. The van der Waals surface area contributed by atoms with Crippen LogP contribution in [0.2, 0.25) is 0 Å². The van der Waals surface area contributed by atoms with Crippen molar-refractivity contribution < 1.29 is 19.1 Å². The first-order valence-electron chi connectivity index (χ1n) is 10.7. The Bertz CT molecular complexity index is 949. The average molecular weight is 415 g/mol. The first kappa shape index (κ1) is 19.5. The molecule has 1 aromatic rings. The fraction of sp³-hybridized carbons (Fsp3) is 0.682. The maximum absolute atomic E-state index is 12.8. The van der Waals surface area contributed by atoms with Gasteiger partial charge < -0.3 is 24.3 Å². The van der Waals surface area contributed by atoms with Crippen molar-refractivity contribution in [3.63, 3.8) is 0 Å². The molecule has 2 heterocycles. The van der Waals surface area contributed by atoms with Gasteiger partial charge in [-0.15, -0.1) is 0 Å². The molecule has 30 heavy (non-hydrogen) atoms. The number of carbonyl (C=O) groups excluding carboxylic acids is 2. The second-order valence-corrected chi connectivity index (χ2v) is 10.4. The maximum atomic E-state index is 12.8. The van der Waals surface area contributed by atoms with Gasteiger partial charge in [-0.25, -0.2) is 9.59 Å². The Morgan fingerprint density at radius 1 is 1.17 bits per heavy atom. The van der Waals surface area contributed by atoms with Crippen LogP contribution in [0.4, 0.5) is 10.5 Å². The lowest BCUT2D eigenvalue weighted by Gasteiger charge is -2.62. The molecule has 0 radical (unpaired) electrons. The number of nitrogens with one attached hydrogen (secondary N) is 1. The van der Waals surface area contributed by atoms with E-state index < -0.39 is 11.6 Å². The summed E-state index contributed by atoms with van der Waals surface area (Å²) in [4.78, 5) is 39.2. The molecule has 1 amide bonds. The summed E-state index contributed by atoms with van der Waals surface area (Å²) >= 11 is 0. The fourth-order valence-electron chi connectivity index (χ4n) is 5.42. The summed E-state index contributed by atoms with van der Waals surface area (Å²) in [7, 11) is 1.35. The van der Waals surface area contributed by atoms with Crippen LogP contribution in [0.5, 0.6) is 0 Å². The van der Waals surface area contributed by atoms with Gasteiger partial charge in [0, 0.05) is 48.8 Å². The summed E-state index contributed by atoms with van der Waals surface area (Å²) in [6, 6.07) is 1.67. The van der Waals surface area contributed by atoms with Crippen LogP contribution in [0.1, 0.15) is 50.4 Å². The zero-order valence-electron chi connectivity index (χ0n) is 17.9. The third-order valence-electron chi connectivity index (χ3n) is 7.14. The van der Waals surface area contributed by atoms with Crippen LogP contribution in [-0.4, -0.2) is 53.4 Å². The molecule has 1 saturated heterocycles. The number of pyridine rings is 1. The van der Waals surface area contributed by atoms with E-state index in [9.17, 15) is 14.4 Å². The monoisotopic (exact) mass is 415 g/mol. The number of hydrogen-bond donors (Lipinski definition) is 1. The zero-order valence-corrected chi connectivity index (χ0v) is 17.9. The quantitative estimate of drug-likeness (QED) is 0.760. The van der Waals surface area contributed by atoms with Gasteiger partial charge >= 0.3 is 12.1 Å². The van der Waals surface area contributed by atoms with Crippen LogP contribution >= 0.6 is 0 Å². The summed E-state index contributed by atoms with van der Waals surface area (Å²) in [5.41, 5.74) is 0.243. The Morgan fingerprint density at radius 3 is 2.30 bits per heavy atom. The molecule has 5 fully saturated rings. The smallest absolute Gasteiger partial charge is 0.410 e. The third-order valence-corrected chi connectivity index (χ3v) is 7.14. The molecule has 6 rings (SSSR count). The van der Waals surface area contributed by atoms with Crippen molar-refractivity contribution in [3.8, 4) is 0 Å². The number of aromatic nitrogens is 1. The minimum absolute atomic E-state index is 0.0792. The van der Waals surface area contributed by atoms with Crippen LogP contribution in [0.25, 0.3) is 0 Å². The molecule has 8 nitrogen and oxygen atoms in total. The topological polar surface area (TPSA) is 89.9 Å². The van der Waals surface area contributed by atoms with Crippen LogP contribution in [0.15, 0.2) is 17.1 Å². The van der Waals surface area contributed by atoms with E-state index in [0.29, 0.717) is 36.2 Å². The molecule has 0 aromatic carbocycles. The second kappa shape index (κ2) is 6.25. The van der Waals surface area contributed by atoms with Gasteiger partial charge in [-0.05, 0) is 46.0 Å². The molecular weight excluding hydrogens is 386 g/mol. The van der Waals surface area contributed by atoms with E-state index in [2.05, 4.69) is 5.32 Å². The number of fused-ring (bicyclic) bond motifs is 1. The van der Waals surface area contributed by atoms with Crippen molar-refractivity contribution in [1.29, 1.82) is 0 Å². The second-order valence-electron chi connectivity index (χ2n) is 10.4. The molecule has 1 aromatic heterocycles. The first-order valence-corrected chi connectivity index (χ1v) is 10.7. The van der Waals surface area contributed by atoms with Gasteiger partial charge in [-0.2, -0.15) is 0 Å². The predicted octanol–water partition coefficient (Wildman–Crippen LogP) is 2.42. The molecule has 2 bridgehead atoms. The molecule has 1 N–H and O–H groups in total. The summed E-state index contributed by atoms with van der Waals surface area (Å²) < 4.78 is 12.2. The fourth-order valence-corrected chi connectivity index (χ4v) is 5.42. The molecule has 1 aliphatic heterocycles. The van der Waals surface area contributed by atoms with Gasteiger partial charge in [0.05, 0.1) is 18.4 Å². The van der Waals surface area contributed by atoms with E-state index in [1.54, 1.807) is 15.7 Å². The molecule has 162 valence electrons. The minimum atomic E-state index is -0.513. The van der Waals surface area contributed by atoms with E-state index in [4.69, 9.17) is 9.47 Å². The van der Waals surface area contributed by atoms with Gasteiger partial charge in [0.25, 0.3) is 5.56 Å². The van der Waals surface area contributed by atoms with Gasteiger partial charge in [0.1, 0.15) is 5.60 Å². The third kappa shape index (κ3) is 2.99. The van der Waals surface area contributed by atoms with E-state index in [-0.39, 0.29) is 23.2 Å². The SMILES string of the molecule is COC(=O)c1cn(C23CC(C2)C3)c(=O)cc1N[C@H]1[C@@H]2CN(C(=O)OC(C)(C)C)C[C@@H]21. The highest BCUT2D eigenvalue weighted by atomic mass is 16.6. The highest BCUT2D eigenvalue weighted by Crippen LogP contribution is 2.61. The Balaban J connectivity index is 1.30. The van der Waals surface area contributed by atoms with E-state index in [1.165, 1.54) is 13.2 Å². The first-order chi connectivity index (χ1) is 14.1. The average Bonchev–Trinajstić information content (AvgIpc) is 3.01. The van der Waals surface area contributed by atoms with Crippen molar-refractivity contribution in [2.24, 2.45) is 17.8 Å². The van der Waals surface area contributed by atoms with Crippen molar-refractivity contribution in [2.75, 3.05) is 25.5 Å². The molecule has 0 unspecified atom stereocenters. The number of methoxy groups -OCH3 is 1. The standard InChI is InChI=1S/C22H29N3O5/c1-21(2,3)30-20(28)24-9-13-14(10-24)18(13)23-16-5-17(26)25(11-15(16)19(27)29-4)22-6-12(7-22)8-22/h5,11-14,18,23H,6-10H2,1-4H3/t12?,13-,14+,18+,22?. The van der Waals surface area contributed by atoms with Gasteiger partial charge in [0.15, 0.2) is 0 Å². The number of esters is 1. The lowest BCUT2D eigenvalue weighted by Crippen LogP contribution is -2.62. The molecular formula is C22H29N3O5. The number of carbonyl (C=O) groups is 2. The Labute approximate surface area is 175 Å². The van der Waals surface area contributed by atoms with Crippen molar-refractivity contribution in [2.45, 2.75) is 57.2 Å². The Hall–Kier alpha value is -2.51. The summed E-state index contributed by atoms with van der Waals surface area (Å²) in [6.07, 6.45) is 4.45. The number of rotatable bonds is 4. The Morgan fingerprint density at radius 2 is 1.80 bits per heavy atom. The zero-order chi connectivity index (χ0) is 21.4. The van der Waals surface area contributed by atoms with Crippen molar-refractivity contribution in [3.05, 3.63) is 28.2 Å². The number of anilines is 1. The van der Waals surface area contributed by atoms with E-state index >= 15 is 0 Å². The Kier molecular flexibility index (Phi) is 4.05. The van der Waals surface area contributed by atoms with Crippen LogP contribution in [-0.2, 0) is 15.0 Å². The number of ether oxygens (including phenoxy) is 2. The molecule has 4 aliphatic carbocycles. The lowest BCUT2D eigenvalue weighted by molar-refractivity contribution is -0.0914. The number of amides is 1. The molecule has 3 atom stereocenters. The summed E-state index contributed by atoms with van der Waals surface area (Å²) in [6.45, 7) is 6.80. The van der Waals surface area contributed by atoms with Crippen LogP contribution in [0.3, 0.4) is 0 Å². The van der Waals surface area contributed by atoms with Crippen LogP contribution in [0, 0.1) is 17.8 Å². The molecule has 0 spiro atoms. The summed E-state index contributed by atoms with van der Waals surface area (Å²) in [5.74, 6) is 0.875. The molecule has 8 heteroatoms. The van der Waals surface area contributed by atoms with E-state index in [1.807, 2.05) is 20.8 Å². The van der Waals surface area contributed by atoms with Gasteiger partial charge in [-0.3, -0.25) is 4.79 Å². The summed E-state index contributed by atoms with van der Waals surface area (Å²) in [5, 5.41) is 3.38. The predicted molar refractivity (Wildman–Crippen MR) is 110 cm³/mol. The van der Waals surface area contributed by atoms with Gasteiger partial charge in [-0.1, -0.05) is 0 Å². The number of likely N-dealkylation sites (tertiary alicyclic amines) is 1. The van der Waals surface area contributed by atoms with Crippen molar-refractivity contribution >= 4 is 17.7 Å². The largest absolute Gasteiger partial charge is 0.465 e. The van der Waals surface area contributed by atoms with Gasteiger partial charge in [0.2, 0.25) is 0 Å². The minimum Gasteiger partial charge on any atom is -0.465 e. The van der Waals surface area contributed by atoms with E-state index in [0.717, 1.165) is 25.2 Å². The number of piperidine rings is 1. The highest BCUT2D eigenvalue weighted by molar-refractivity contribution is 5.95.